The maximum atomic E-state index is 10.5. The fourth-order valence-corrected chi connectivity index (χ4v) is 1.74. The minimum atomic E-state index is 0.317. The van der Waals surface area contributed by atoms with Gasteiger partial charge in [0.25, 0.3) is 0 Å². The molecular formula is C10H16O. The lowest BCUT2D eigenvalue weighted by Crippen LogP contribution is -2.05. The molecule has 1 aliphatic rings. The quantitative estimate of drug-likeness (QED) is 0.448. The van der Waals surface area contributed by atoms with E-state index < -0.39 is 0 Å². The average Bonchev–Trinajstić information content (AvgIpc) is 2.47. The van der Waals surface area contributed by atoms with Crippen LogP contribution in [0.1, 0.15) is 32.6 Å². The third-order valence-electron chi connectivity index (χ3n) is 2.42. The van der Waals surface area contributed by atoms with Crippen molar-refractivity contribution >= 4 is 6.29 Å². The number of rotatable bonds is 3. The highest BCUT2D eigenvalue weighted by Gasteiger charge is 2.23. The van der Waals surface area contributed by atoms with Gasteiger partial charge >= 0.3 is 0 Å². The number of hydrogen-bond donors (Lipinski definition) is 0. The molecular weight excluding hydrogens is 136 g/mol. The first-order valence-electron chi connectivity index (χ1n) is 4.50. The summed E-state index contributed by atoms with van der Waals surface area (Å²) in [5.74, 6) is 0.866. The van der Waals surface area contributed by atoms with Crippen LogP contribution < -0.4 is 0 Å². The van der Waals surface area contributed by atoms with Crippen LogP contribution >= 0.6 is 0 Å². The van der Waals surface area contributed by atoms with Gasteiger partial charge in [-0.2, -0.15) is 0 Å². The van der Waals surface area contributed by atoms with Crippen molar-refractivity contribution in [2.24, 2.45) is 11.8 Å². The molecule has 1 saturated carbocycles. The van der Waals surface area contributed by atoms with Gasteiger partial charge in [-0.3, -0.25) is 0 Å². The fraction of sp³-hybridized carbons (Fsp3) is 0.700. The molecule has 0 aromatic rings. The summed E-state index contributed by atoms with van der Waals surface area (Å²) < 4.78 is 0. The van der Waals surface area contributed by atoms with Gasteiger partial charge in [0.15, 0.2) is 0 Å². The summed E-state index contributed by atoms with van der Waals surface area (Å²) >= 11 is 0. The summed E-state index contributed by atoms with van der Waals surface area (Å²) in [6, 6.07) is 0. The Labute approximate surface area is 68.5 Å². The zero-order valence-electron chi connectivity index (χ0n) is 7.12. The Hall–Kier alpha value is -0.590. The molecule has 1 nitrogen and oxygen atoms in total. The Morgan fingerprint density at radius 2 is 2.09 bits per heavy atom. The van der Waals surface area contributed by atoms with Gasteiger partial charge in [0.05, 0.1) is 0 Å². The molecule has 0 bridgehead atoms. The molecule has 0 aromatic carbocycles. The van der Waals surface area contributed by atoms with Crippen LogP contribution in [0.2, 0.25) is 0 Å². The molecule has 0 unspecified atom stereocenters. The molecule has 11 heavy (non-hydrogen) atoms. The van der Waals surface area contributed by atoms with E-state index in [1.807, 2.05) is 0 Å². The SMILES string of the molecule is CC/C=C\[C@@H]1CCC[C@@H]1C=O. The van der Waals surface area contributed by atoms with E-state index in [4.69, 9.17) is 0 Å². The minimum absolute atomic E-state index is 0.317. The summed E-state index contributed by atoms with van der Waals surface area (Å²) in [5, 5.41) is 0. The molecule has 0 amide bonds. The van der Waals surface area contributed by atoms with Crippen LogP contribution in [0.3, 0.4) is 0 Å². The van der Waals surface area contributed by atoms with E-state index in [0.717, 1.165) is 19.1 Å². The molecule has 1 heteroatoms. The van der Waals surface area contributed by atoms with Crippen molar-refractivity contribution < 1.29 is 4.79 Å². The number of allylic oxidation sites excluding steroid dienone is 2. The van der Waals surface area contributed by atoms with Crippen LogP contribution in [0, 0.1) is 11.8 Å². The normalized spacial score (nSPS) is 31.4. The van der Waals surface area contributed by atoms with Crippen molar-refractivity contribution in [2.75, 3.05) is 0 Å². The monoisotopic (exact) mass is 152 g/mol. The molecule has 62 valence electrons. The summed E-state index contributed by atoms with van der Waals surface area (Å²) in [4.78, 5) is 10.5. The summed E-state index contributed by atoms with van der Waals surface area (Å²) in [7, 11) is 0. The summed E-state index contributed by atoms with van der Waals surface area (Å²) in [5.41, 5.74) is 0. The van der Waals surface area contributed by atoms with E-state index in [1.54, 1.807) is 0 Å². The van der Waals surface area contributed by atoms with E-state index in [1.165, 1.54) is 12.8 Å². The lowest BCUT2D eigenvalue weighted by atomic mass is 9.97. The topological polar surface area (TPSA) is 17.1 Å². The van der Waals surface area contributed by atoms with Crippen molar-refractivity contribution in [2.45, 2.75) is 32.6 Å². The minimum Gasteiger partial charge on any atom is -0.303 e. The highest BCUT2D eigenvalue weighted by atomic mass is 16.1. The lowest BCUT2D eigenvalue weighted by molar-refractivity contribution is -0.111. The molecule has 0 aromatic heterocycles. The van der Waals surface area contributed by atoms with Crippen LogP contribution in [0.25, 0.3) is 0 Å². The third kappa shape index (κ3) is 2.18. The van der Waals surface area contributed by atoms with Crippen molar-refractivity contribution in [3.8, 4) is 0 Å². The van der Waals surface area contributed by atoms with Crippen LogP contribution in [-0.2, 0) is 4.79 Å². The molecule has 0 spiro atoms. The first kappa shape index (κ1) is 8.51. The Balaban J connectivity index is 2.43. The molecule has 0 heterocycles. The second kappa shape index (κ2) is 4.32. The van der Waals surface area contributed by atoms with Crippen molar-refractivity contribution in [1.82, 2.24) is 0 Å². The Morgan fingerprint density at radius 3 is 2.73 bits per heavy atom. The van der Waals surface area contributed by atoms with Gasteiger partial charge in [0, 0.05) is 5.92 Å². The van der Waals surface area contributed by atoms with E-state index in [9.17, 15) is 4.79 Å². The van der Waals surface area contributed by atoms with Gasteiger partial charge in [0.2, 0.25) is 0 Å². The van der Waals surface area contributed by atoms with Gasteiger partial charge in [-0.05, 0) is 25.2 Å². The Kier molecular flexibility index (Phi) is 3.34. The second-order valence-corrected chi connectivity index (χ2v) is 3.23. The maximum Gasteiger partial charge on any atom is 0.123 e. The first-order valence-corrected chi connectivity index (χ1v) is 4.50. The lowest BCUT2D eigenvalue weighted by Gasteiger charge is -2.07. The molecule has 2 atom stereocenters. The van der Waals surface area contributed by atoms with E-state index >= 15 is 0 Å². The molecule has 0 N–H and O–H groups in total. The first-order chi connectivity index (χ1) is 5.38. The van der Waals surface area contributed by atoms with Gasteiger partial charge < -0.3 is 4.79 Å². The van der Waals surface area contributed by atoms with Crippen molar-refractivity contribution in [3.05, 3.63) is 12.2 Å². The number of carbonyl (C=O) groups is 1. The number of carbonyl (C=O) groups excluding carboxylic acids is 1. The molecule has 0 radical (unpaired) electrons. The summed E-state index contributed by atoms with van der Waals surface area (Å²) in [6.07, 6.45) is 10.1. The van der Waals surface area contributed by atoms with Crippen LogP contribution in [0.15, 0.2) is 12.2 Å². The molecule has 0 aliphatic heterocycles. The number of aldehydes is 1. The molecule has 1 aliphatic carbocycles. The van der Waals surface area contributed by atoms with Gasteiger partial charge in [-0.1, -0.05) is 25.5 Å². The Morgan fingerprint density at radius 1 is 1.36 bits per heavy atom. The highest BCUT2D eigenvalue weighted by Crippen LogP contribution is 2.30. The van der Waals surface area contributed by atoms with Crippen LogP contribution in [0.5, 0.6) is 0 Å². The molecule has 0 saturated heterocycles. The maximum absolute atomic E-state index is 10.5. The predicted molar refractivity (Wildman–Crippen MR) is 46.3 cm³/mol. The fourth-order valence-electron chi connectivity index (χ4n) is 1.74. The number of hydrogen-bond acceptors (Lipinski definition) is 1. The van der Waals surface area contributed by atoms with E-state index in [0.29, 0.717) is 11.8 Å². The standard InChI is InChI=1S/C10H16O/c1-2-3-5-9-6-4-7-10(9)8-11/h3,5,8-10H,2,4,6-7H2,1H3/b5-3-/t9-,10-/m1/s1. The smallest absolute Gasteiger partial charge is 0.123 e. The largest absolute Gasteiger partial charge is 0.303 e. The van der Waals surface area contributed by atoms with Crippen LogP contribution in [0.4, 0.5) is 0 Å². The molecule has 1 rings (SSSR count). The summed E-state index contributed by atoms with van der Waals surface area (Å²) in [6.45, 7) is 2.13. The predicted octanol–water partition coefficient (Wildman–Crippen LogP) is 2.57. The van der Waals surface area contributed by atoms with Gasteiger partial charge in [-0.25, -0.2) is 0 Å². The van der Waals surface area contributed by atoms with Crippen molar-refractivity contribution in [1.29, 1.82) is 0 Å². The highest BCUT2D eigenvalue weighted by molar-refractivity contribution is 5.55. The van der Waals surface area contributed by atoms with E-state index in [-0.39, 0.29) is 0 Å². The van der Waals surface area contributed by atoms with Crippen molar-refractivity contribution in [3.63, 3.8) is 0 Å². The average molecular weight is 152 g/mol. The zero-order valence-corrected chi connectivity index (χ0v) is 7.12. The second-order valence-electron chi connectivity index (χ2n) is 3.23. The molecule has 1 fully saturated rings. The van der Waals surface area contributed by atoms with Gasteiger partial charge in [-0.15, -0.1) is 0 Å². The zero-order chi connectivity index (χ0) is 8.10. The van der Waals surface area contributed by atoms with Crippen LogP contribution in [-0.4, -0.2) is 6.29 Å². The van der Waals surface area contributed by atoms with Gasteiger partial charge in [0.1, 0.15) is 6.29 Å². The Bertz CT molecular complexity index is 149. The third-order valence-corrected chi connectivity index (χ3v) is 2.42. The van der Waals surface area contributed by atoms with E-state index in [2.05, 4.69) is 19.1 Å².